The molecule has 4 nitrogen and oxygen atoms in total. The van der Waals surface area contributed by atoms with Crippen LogP contribution in [0.1, 0.15) is 32.6 Å². The number of benzene rings is 1. The van der Waals surface area contributed by atoms with Crippen LogP contribution in [-0.4, -0.2) is 23.6 Å². The van der Waals surface area contributed by atoms with E-state index >= 15 is 0 Å². The van der Waals surface area contributed by atoms with Gasteiger partial charge in [0.1, 0.15) is 5.82 Å². The Balaban J connectivity index is 1.89. The molecule has 1 aromatic heterocycles. The Morgan fingerprint density at radius 3 is 2.65 bits per heavy atom. The lowest BCUT2D eigenvalue weighted by atomic mass is 9.67. The molecule has 3 rings (SSSR count). The Morgan fingerprint density at radius 1 is 1.20 bits per heavy atom. The lowest BCUT2D eigenvalue weighted by Gasteiger charge is -2.41. The number of nitrogens with zero attached hydrogens (tertiary/aromatic N) is 2. The van der Waals surface area contributed by atoms with Crippen molar-refractivity contribution in [1.82, 2.24) is 9.97 Å². The number of hydrogen-bond acceptors (Lipinski definition) is 4. The SMILES string of the molecule is CCC1(CNc2nc(NC)nc3ccccc23)CCC1. The Kier molecular flexibility index (Phi) is 3.47. The second-order valence-corrected chi connectivity index (χ2v) is 5.72. The normalized spacial score (nSPS) is 16.7. The van der Waals surface area contributed by atoms with Gasteiger partial charge in [-0.1, -0.05) is 25.5 Å². The van der Waals surface area contributed by atoms with Gasteiger partial charge in [0.2, 0.25) is 5.95 Å². The topological polar surface area (TPSA) is 49.8 Å². The van der Waals surface area contributed by atoms with Gasteiger partial charge in [0.05, 0.1) is 5.52 Å². The molecule has 2 aromatic rings. The first kappa shape index (κ1) is 13.2. The average Bonchev–Trinajstić information content (AvgIpc) is 2.46. The molecule has 0 saturated heterocycles. The van der Waals surface area contributed by atoms with E-state index in [-0.39, 0.29) is 0 Å². The third-order valence-electron chi connectivity index (χ3n) is 4.62. The van der Waals surface area contributed by atoms with Crippen molar-refractivity contribution < 1.29 is 0 Å². The van der Waals surface area contributed by atoms with Crippen molar-refractivity contribution in [2.45, 2.75) is 32.6 Å². The van der Waals surface area contributed by atoms with Crippen LogP contribution < -0.4 is 10.6 Å². The molecule has 0 amide bonds. The highest BCUT2D eigenvalue weighted by atomic mass is 15.1. The number of anilines is 2. The molecular formula is C16H22N4. The molecule has 0 spiro atoms. The maximum atomic E-state index is 4.58. The molecule has 1 fully saturated rings. The van der Waals surface area contributed by atoms with E-state index in [0.29, 0.717) is 11.4 Å². The summed E-state index contributed by atoms with van der Waals surface area (Å²) < 4.78 is 0. The molecule has 1 aromatic carbocycles. The van der Waals surface area contributed by atoms with E-state index in [4.69, 9.17) is 0 Å². The van der Waals surface area contributed by atoms with E-state index in [1.54, 1.807) is 0 Å². The minimum atomic E-state index is 0.478. The van der Waals surface area contributed by atoms with Gasteiger partial charge in [0.25, 0.3) is 0 Å². The van der Waals surface area contributed by atoms with Crippen LogP contribution >= 0.6 is 0 Å². The van der Waals surface area contributed by atoms with Crippen LogP contribution in [0.3, 0.4) is 0 Å². The number of para-hydroxylation sites is 1. The first-order chi connectivity index (χ1) is 9.76. The summed E-state index contributed by atoms with van der Waals surface area (Å²) in [7, 11) is 1.85. The predicted molar refractivity (Wildman–Crippen MR) is 84.1 cm³/mol. The highest BCUT2D eigenvalue weighted by Gasteiger charge is 2.34. The lowest BCUT2D eigenvalue weighted by molar-refractivity contribution is 0.145. The van der Waals surface area contributed by atoms with Gasteiger partial charge in [-0.3, -0.25) is 0 Å². The van der Waals surface area contributed by atoms with Crippen molar-refractivity contribution in [3.63, 3.8) is 0 Å². The minimum absolute atomic E-state index is 0.478. The number of hydrogen-bond donors (Lipinski definition) is 2. The first-order valence-electron chi connectivity index (χ1n) is 7.45. The van der Waals surface area contributed by atoms with Gasteiger partial charge >= 0.3 is 0 Å². The molecule has 1 aliphatic rings. The van der Waals surface area contributed by atoms with E-state index in [2.05, 4.69) is 33.6 Å². The lowest BCUT2D eigenvalue weighted by Crippen LogP contribution is -2.36. The van der Waals surface area contributed by atoms with Crippen molar-refractivity contribution in [1.29, 1.82) is 0 Å². The quantitative estimate of drug-likeness (QED) is 0.870. The number of aromatic nitrogens is 2. The van der Waals surface area contributed by atoms with Crippen molar-refractivity contribution in [2.75, 3.05) is 24.2 Å². The zero-order valence-electron chi connectivity index (χ0n) is 12.2. The molecular weight excluding hydrogens is 248 g/mol. The van der Waals surface area contributed by atoms with E-state index in [1.807, 2.05) is 25.2 Å². The van der Waals surface area contributed by atoms with E-state index in [1.165, 1.54) is 25.7 Å². The Labute approximate surface area is 120 Å². The van der Waals surface area contributed by atoms with Crippen LogP contribution in [0.4, 0.5) is 11.8 Å². The summed E-state index contributed by atoms with van der Waals surface area (Å²) in [4.78, 5) is 9.07. The fourth-order valence-corrected chi connectivity index (χ4v) is 2.93. The number of fused-ring (bicyclic) bond motifs is 1. The minimum Gasteiger partial charge on any atom is -0.369 e. The summed E-state index contributed by atoms with van der Waals surface area (Å²) in [6.07, 6.45) is 5.26. The highest BCUT2D eigenvalue weighted by molar-refractivity contribution is 5.90. The Hall–Kier alpha value is -1.84. The van der Waals surface area contributed by atoms with Gasteiger partial charge in [-0.25, -0.2) is 4.98 Å². The molecule has 1 aliphatic carbocycles. The standard InChI is InChI=1S/C16H22N4/c1-3-16(9-6-10-16)11-18-14-12-7-4-5-8-13(12)19-15(17-2)20-14/h4-5,7-8H,3,6,9-11H2,1-2H3,(H2,17,18,19,20). The number of nitrogens with one attached hydrogen (secondary N) is 2. The van der Waals surface area contributed by atoms with E-state index in [9.17, 15) is 0 Å². The number of rotatable bonds is 5. The molecule has 20 heavy (non-hydrogen) atoms. The van der Waals surface area contributed by atoms with Crippen LogP contribution in [0.15, 0.2) is 24.3 Å². The summed E-state index contributed by atoms with van der Waals surface area (Å²) in [6.45, 7) is 3.30. The predicted octanol–water partition coefficient (Wildman–Crippen LogP) is 3.66. The van der Waals surface area contributed by atoms with Gasteiger partial charge in [-0.2, -0.15) is 4.98 Å². The average molecular weight is 270 g/mol. The fraction of sp³-hybridized carbons (Fsp3) is 0.500. The van der Waals surface area contributed by atoms with Crippen molar-refractivity contribution in [2.24, 2.45) is 5.41 Å². The van der Waals surface area contributed by atoms with Gasteiger partial charge in [0.15, 0.2) is 0 Å². The third-order valence-corrected chi connectivity index (χ3v) is 4.62. The summed E-state index contributed by atoms with van der Waals surface area (Å²) in [5.41, 5.74) is 1.46. The molecule has 0 aliphatic heterocycles. The van der Waals surface area contributed by atoms with Crippen molar-refractivity contribution >= 4 is 22.7 Å². The first-order valence-corrected chi connectivity index (χ1v) is 7.45. The van der Waals surface area contributed by atoms with Crippen LogP contribution in [0.5, 0.6) is 0 Å². The smallest absolute Gasteiger partial charge is 0.224 e. The molecule has 2 N–H and O–H groups in total. The van der Waals surface area contributed by atoms with Crippen molar-refractivity contribution in [3.8, 4) is 0 Å². The fourth-order valence-electron chi connectivity index (χ4n) is 2.93. The third kappa shape index (κ3) is 2.30. The molecule has 0 bridgehead atoms. The Bertz CT molecular complexity index is 599. The molecule has 1 heterocycles. The highest BCUT2D eigenvalue weighted by Crippen LogP contribution is 2.43. The zero-order chi connectivity index (χ0) is 14.0. The second kappa shape index (κ2) is 5.27. The molecule has 1 saturated carbocycles. The van der Waals surface area contributed by atoms with E-state index < -0.39 is 0 Å². The molecule has 106 valence electrons. The summed E-state index contributed by atoms with van der Waals surface area (Å²) in [5, 5.41) is 7.70. The molecule has 0 unspecified atom stereocenters. The maximum Gasteiger partial charge on any atom is 0.224 e. The van der Waals surface area contributed by atoms with Crippen molar-refractivity contribution in [3.05, 3.63) is 24.3 Å². The van der Waals surface area contributed by atoms with Crippen LogP contribution in [-0.2, 0) is 0 Å². The molecule has 0 radical (unpaired) electrons. The molecule has 4 heteroatoms. The van der Waals surface area contributed by atoms with Crippen LogP contribution in [0, 0.1) is 5.41 Å². The second-order valence-electron chi connectivity index (χ2n) is 5.72. The van der Waals surface area contributed by atoms with E-state index in [0.717, 1.165) is 23.3 Å². The molecule has 0 atom stereocenters. The summed E-state index contributed by atoms with van der Waals surface area (Å²) in [5.74, 6) is 1.62. The Morgan fingerprint density at radius 2 is 2.00 bits per heavy atom. The van der Waals surface area contributed by atoms with Crippen LogP contribution in [0.25, 0.3) is 10.9 Å². The maximum absolute atomic E-state index is 4.58. The largest absolute Gasteiger partial charge is 0.369 e. The summed E-state index contributed by atoms with van der Waals surface area (Å²) >= 11 is 0. The van der Waals surface area contributed by atoms with Gasteiger partial charge < -0.3 is 10.6 Å². The van der Waals surface area contributed by atoms with Crippen LogP contribution in [0.2, 0.25) is 0 Å². The zero-order valence-corrected chi connectivity index (χ0v) is 12.2. The van der Waals surface area contributed by atoms with Gasteiger partial charge in [-0.15, -0.1) is 0 Å². The monoisotopic (exact) mass is 270 g/mol. The summed E-state index contributed by atoms with van der Waals surface area (Å²) in [6, 6.07) is 8.16. The van der Waals surface area contributed by atoms with Gasteiger partial charge in [0, 0.05) is 19.0 Å². The van der Waals surface area contributed by atoms with Gasteiger partial charge in [-0.05, 0) is 36.8 Å².